The normalized spacial score (nSPS) is 16.5. The molecule has 1 saturated carbocycles. The summed E-state index contributed by atoms with van der Waals surface area (Å²) in [5, 5.41) is 3.24. The average molecular weight is 395 g/mol. The number of rotatable bonds is 2. The van der Waals surface area contributed by atoms with Crippen molar-refractivity contribution in [2.45, 2.75) is 38.5 Å². The summed E-state index contributed by atoms with van der Waals surface area (Å²) >= 11 is 0. The minimum atomic E-state index is -0.474. The molecule has 6 rings (SSSR count). The topological polar surface area (TPSA) is 29.9 Å². The van der Waals surface area contributed by atoms with Crippen LogP contribution < -0.4 is 4.57 Å². The first kappa shape index (κ1) is 16.6. The zero-order valence-corrected chi connectivity index (χ0v) is 17.4. The fourth-order valence-corrected chi connectivity index (χ4v) is 4.91. The van der Waals surface area contributed by atoms with Crippen molar-refractivity contribution in [3.05, 3.63) is 71.9 Å². The Hall–Kier alpha value is -3.20. The number of pyridine rings is 2. The monoisotopic (exact) mass is 394 g/mol. The third-order valence-corrected chi connectivity index (χ3v) is 6.57. The van der Waals surface area contributed by atoms with Crippen molar-refractivity contribution in [1.82, 2.24) is 4.98 Å². The van der Waals surface area contributed by atoms with Crippen molar-refractivity contribution in [1.29, 1.82) is 0 Å². The lowest BCUT2D eigenvalue weighted by Gasteiger charge is -2.11. The van der Waals surface area contributed by atoms with Crippen molar-refractivity contribution >= 4 is 33.0 Å². The van der Waals surface area contributed by atoms with Crippen molar-refractivity contribution < 1.29 is 10.4 Å². The van der Waals surface area contributed by atoms with E-state index in [1.54, 1.807) is 0 Å². The number of fused-ring (bicyclic) bond motifs is 4. The van der Waals surface area contributed by atoms with Crippen molar-refractivity contribution in [2.24, 2.45) is 7.05 Å². The zero-order valence-electron chi connectivity index (χ0n) is 18.4. The number of furan rings is 1. The summed E-state index contributed by atoms with van der Waals surface area (Å²) in [6.45, 7) is 2.13. The molecule has 2 aromatic carbocycles. The van der Waals surface area contributed by atoms with Gasteiger partial charge in [0.25, 0.3) is 0 Å². The summed E-state index contributed by atoms with van der Waals surface area (Å²) in [6, 6.07) is 19.0. The van der Waals surface area contributed by atoms with E-state index in [0.29, 0.717) is 5.71 Å². The van der Waals surface area contributed by atoms with Gasteiger partial charge in [0, 0.05) is 29.7 Å². The molecule has 3 aromatic heterocycles. The van der Waals surface area contributed by atoms with Gasteiger partial charge in [-0.15, -0.1) is 0 Å². The van der Waals surface area contributed by atoms with Crippen LogP contribution in [0.2, 0.25) is 0 Å². The SMILES string of the molecule is [2H]C1(c2cc[n+](C)c(-c3c(C)ccc4c3oc3nc5ccccc5cc34)c2)CCCC1. The van der Waals surface area contributed by atoms with Crippen LogP contribution in [0.1, 0.15) is 44.1 Å². The van der Waals surface area contributed by atoms with Crippen LogP contribution in [0.4, 0.5) is 0 Å². The highest BCUT2D eigenvalue weighted by Crippen LogP contribution is 2.39. The van der Waals surface area contributed by atoms with Crippen LogP contribution in [0, 0.1) is 6.92 Å². The van der Waals surface area contributed by atoms with E-state index in [9.17, 15) is 0 Å². The number of benzene rings is 2. The molecule has 3 heterocycles. The smallest absolute Gasteiger partial charge is 0.227 e. The van der Waals surface area contributed by atoms with Gasteiger partial charge in [-0.3, -0.25) is 0 Å². The molecule has 0 amide bonds. The van der Waals surface area contributed by atoms with Gasteiger partial charge in [-0.2, -0.15) is 0 Å². The van der Waals surface area contributed by atoms with Crippen molar-refractivity contribution in [2.75, 3.05) is 0 Å². The van der Waals surface area contributed by atoms with E-state index in [2.05, 4.69) is 61.1 Å². The van der Waals surface area contributed by atoms with Gasteiger partial charge in [0.15, 0.2) is 11.8 Å². The van der Waals surface area contributed by atoms with Crippen LogP contribution in [0.3, 0.4) is 0 Å². The van der Waals surface area contributed by atoms with E-state index in [1.807, 2.05) is 18.2 Å². The summed E-state index contributed by atoms with van der Waals surface area (Å²) in [7, 11) is 2.07. The van der Waals surface area contributed by atoms with Crippen LogP contribution in [-0.4, -0.2) is 4.98 Å². The Bertz CT molecular complexity index is 1480. The quantitative estimate of drug-likeness (QED) is 0.316. The third kappa shape index (κ3) is 2.65. The van der Waals surface area contributed by atoms with E-state index < -0.39 is 5.89 Å². The number of aryl methyl sites for hydroxylation is 2. The molecule has 3 nitrogen and oxygen atoms in total. The average Bonchev–Trinajstić information content (AvgIpc) is 3.37. The zero-order chi connectivity index (χ0) is 21.2. The maximum absolute atomic E-state index is 9.00. The molecule has 0 saturated heterocycles. The molecular weight excluding hydrogens is 368 g/mol. The predicted octanol–water partition coefficient (Wildman–Crippen LogP) is 6.59. The number of hydrogen-bond acceptors (Lipinski definition) is 2. The van der Waals surface area contributed by atoms with Crippen molar-refractivity contribution in [3.8, 4) is 11.3 Å². The Morgan fingerprint density at radius 2 is 1.87 bits per heavy atom. The van der Waals surface area contributed by atoms with Crippen LogP contribution in [0.5, 0.6) is 0 Å². The lowest BCUT2D eigenvalue weighted by atomic mass is 9.94. The standard InChI is InChI=1S/C27H25N2O/c1-17-11-12-21-22-15-20-9-5-6-10-23(20)28-27(22)30-26(21)25(17)24-16-19(13-14-29(24)2)18-7-3-4-8-18/h5-6,9-16,18H,3-4,7-8H2,1-2H3/q+1/i18D. The molecule has 0 radical (unpaired) electrons. The summed E-state index contributed by atoms with van der Waals surface area (Å²) in [6.07, 6.45) is 6.23. The fourth-order valence-electron chi connectivity index (χ4n) is 4.91. The summed E-state index contributed by atoms with van der Waals surface area (Å²) in [4.78, 5) is 4.79. The molecular formula is C27H25N2O+. The van der Waals surface area contributed by atoms with Crippen LogP contribution >= 0.6 is 0 Å². The van der Waals surface area contributed by atoms with E-state index in [4.69, 9.17) is 10.8 Å². The maximum atomic E-state index is 9.00. The second-order valence-electron chi connectivity index (χ2n) is 8.49. The van der Waals surface area contributed by atoms with E-state index >= 15 is 0 Å². The van der Waals surface area contributed by atoms with E-state index in [1.165, 1.54) is 0 Å². The molecule has 3 heteroatoms. The molecule has 0 spiro atoms. The molecule has 0 aliphatic heterocycles. The van der Waals surface area contributed by atoms with Gasteiger partial charge in [0.05, 0.1) is 11.1 Å². The largest absolute Gasteiger partial charge is 0.437 e. The second kappa shape index (κ2) is 6.66. The Kier molecular flexibility index (Phi) is 3.68. The van der Waals surface area contributed by atoms with Crippen molar-refractivity contribution in [3.63, 3.8) is 0 Å². The second-order valence-corrected chi connectivity index (χ2v) is 8.49. The van der Waals surface area contributed by atoms with Crippen LogP contribution in [0.25, 0.3) is 44.2 Å². The van der Waals surface area contributed by atoms with Crippen LogP contribution in [-0.2, 0) is 7.05 Å². The number of hydrogen-bond donors (Lipinski definition) is 0. The summed E-state index contributed by atoms with van der Waals surface area (Å²) < 4.78 is 17.5. The number of nitrogens with zero attached hydrogens (tertiary/aromatic N) is 2. The van der Waals surface area contributed by atoms with E-state index in [-0.39, 0.29) is 0 Å². The molecule has 148 valence electrons. The highest BCUT2D eigenvalue weighted by Gasteiger charge is 2.24. The van der Waals surface area contributed by atoms with Crippen LogP contribution in [0.15, 0.2) is 65.2 Å². The van der Waals surface area contributed by atoms with E-state index in [0.717, 1.165) is 75.3 Å². The molecule has 0 unspecified atom stereocenters. The minimum Gasteiger partial charge on any atom is -0.437 e. The molecule has 30 heavy (non-hydrogen) atoms. The van der Waals surface area contributed by atoms with Gasteiger partial charge >= 0.3 is 0 Å². The first-order valence-corrected chi connectivity index (χ1v) is 10.8. The summed E-state index contributed by atoms with van der Waals surface area (Å²) in [5.74, 6) is -0.474. The number of para-hydroxylation sites is 1. The lowest BCUT2D eigenvalue weighted by Crippen LogP contribution is -2.31. The maximum Gasteiger partial charge on any atom is 0.227 e. The van der Waals surface area contributed by atoms with Gasteiger partial charge < -0.3 is 4.42 Å². The highest BCUT2D eigenvalue weighted by atomic mass is 16.3. The van der Waals surface area contributed by atoms with Gasteiger partial charge in [-0.25, -0.2) is 9.55 Å². The number of aromatic nitrogens is 2. The Labute approximate surface area is 177 Å². The minimum absolute atomic E-state index is 0.474. The van der Waals surface area contributed by atoms with Gasteiger partial charge in [0.1, 0.15) is 7.05 Å². The van der Waals surface area contributed by atoms with Gasteiger partial charge in [0.2, 0.25) is 11.4 Å². The molecule has 5 aromatic rings. The highest BCUT2D eigenvalue weighted by molar-refractivity contribution is 6.11. The lowest BCUT2D eigenvalue weighted by molar-refractivity contribution is -0.660. The first-order chi connectivity index (χ1) is 15.0. The van der Waals surface area contributed by atoms with Gasteiger partial charge in [-0.05, 0) is 48.9 Å². The molecule has 0 atom stereocenters. The Morgan fingerprint density at radius 3 is 2.73 bits per heavy atom. The molecule has 1 fully saturated rings. The first-order valence-electron chi connectivity index (χ1n) is 11.3. The summed E-state index contributed by atoms with van der Waals surface area (Å²) in [5.41, 5.74) is 6.93. The predicted molar refractivity (Wildman–Crippen MR) is 122 cm³/mol. The molecule has 1 aliphatic carbocycles. The fraction of sp³-hybridized carbons (Fsp3) is 0.259. The Morgan fingerprint density at radius 1 is 1.03 bits per heavy atom. The molecule has 0 bridgehead atoms. The molecule has 0 N–H and O–H groups in total. The van der Waals surface area contributed by atoms with Gasteiger partial charge in [-0.1, -0.05) is 43.2 Å². The molecule has 1 aliphatic rings. The Balaban J connectivity index is 1.64. The third-order valence-electron chi connectivity index (χ3n) is 6.57.